The van der Waals surface area contributed by atoms with Gasteiger partial charge in [0, 0.05) is 59.8 Å². The van der Waals surface area contributed by atoms with Crippen LogP contribution in [0.2, 0.25) is 0 Å². The highest BCUT2D eigenvalue weighted by atomic mass is 16.5. The van der Waals surface area contributed by atoms with Crippen molar-refractivity contribution in [3.63, 3.8) is 0 Å². The van der Waals surface area contributed by atoms with Gasteiger partial charge in [0.25, 0.3) is 5.91 Å². The number of hydrogen-bond donors (Lipinski definition) is 0. The van der Waals surface area contributed by atoms with Gasteiger partial charge < -0.3 is 9.42 Å². The van der Waals surface area contributed by atoms with E-state index in [0.717, 1.165) is 40.7 Å². The molecule has 0 aromatic carbocycles. The number of rotatable bonds is 3. The van der Waals surface area contributed by atoms with E-state index in [1.807, 2.05) is 4.90 Å². The van der Waals surface area contributed by atoms with E-state index in [1.54, 1.807) is 25.5 Å². The number of aryl methyl sites for hydroxylation is 1. The Labute approximate surface area is 173 Å². The van der Waals surface area contributed by atoms with Crippen LogP contribution in [0.4, 0.5) is 0 Å². The lowest BCUT2D eigenvalue weighted by molar-refractivity contribution is 0.0710. The predicted molar refractivity (Wildman–Crippen MR) is 110 cm³/mol. The summed E-state index contributed by atoms with van der Waals surface area (Å²) < 4.78 is 5.02. The normalized spacial score (nSPS) is 14.9. The van der Waals surface area contributed by atoms with Crippen LogP contribution < -0.4 is 0 Å². The Bertz CT molecular complexity index is 1200. The van der Waals surface area contributed by atoms with Crippen LogP contribution in [-0.4, -0.2) is 49.0 Å². The molecule has 1 fully saturated rings. The van der Waals surface area contributed by atoms with Crippen molar-refractivity contribution in [3.05, 3.63) is 66.3 Å². The minimum atomic E-state index is -0.0160. The standard InChI is InChI=1S/C22H20N6O2/c1-14-19(12-26-30-14)22(29)28-6-4-15(5-7-28)20-3-2-16-8-17(11-25-21(16)27-20)18-9-23-13-24-10-18/h2-3,8-13,15H,4-7H2,1H3. The first-order valence-corrected chi connectivity index (χ1v) is 9.91. The van der Waals surface area contributed by atoms with Gasteiger partial charge in [0.05, 0.1) is 6.20 Å². The molecule has 5 rings (SSSR count). The molecular formula is C22H20N6O2. The first-order chi connectivity index (χ1) is 14.7. The largest absolute Gasteiger partial charge is 0.361 e. The van der Waals surface area contributed by atoms with Gasteiger partial charge in [0.15, 0.2) is 5.65 Å². The zero-order valence-corrected chi connectivity index (χ0v) is 16.5. The van der Waals surface area contributed by atoms with Crippen LogP contribution in [0.25, 0.3) is 22.2 Å². The summed E-state index contributed by atoms with van der Waals surface area (Å²) in [6.07, 6.45) is 10.1. The molecule has 150 valence electrons. The Morgan fingerprint density at radius 1 is 1.07 bits per heavy atom. The second kappa shape index (κ2) is 7.62. The molecule has 30 heavy (non-hydrogen) atoms. The van der Waals surface area contributed by atoms with Crippen molar-refractivity contribution in [2.45, 2.75) is 25.7 Å². The second-order valence-electron chi connectivity index (χ2n) is 7.50. The molecule has 5 heterocycles. The number of nitrogens with zero attached hydrogens (tertiary/aromatic N) is 6. The number of pyridine rings is 2. The summed E-state index contributed by atoms with van der Waals surface area (Å²) in [5, 5.41) is 4.69. The number of carbonyl (C=O) groups excluding carboxylic acids is 1. The number of carbonyl (C=O) groups is 1. The van der Waals surface area contributed by atoms with Crippen LogP contribution in [0.3, 0.4) is 0 Å². The van der Waals surface area contributed by atoms with Crippen molar-refractivity contribution in [2.24, 2.45) is 0 Å². The average Bonchev–Trinajstić information content (AvgIpc) is 3.24. The fraction of sp³-hybridized carbons (Fsp3) is 0.273. The molecule has 8 nitrogen and oxygen atoms in total. The van der Waals surface area contributed by atoms with E-state index in [9.17, 15) is 4.79 Å². The van der Waals surface area contributed by atoms with E-state index >= 15 is 0 Å². The van der Waals surface area contributed by atoms with Crippen molar-refractivity contribution < 1.29 is 9.32 Å². The summed E-state index contributed by atoms with van der Waals surface area (Å²) in [6, 6.07) is 6.19. The molecular weight excluding hydrogens is 380 g/mol. The second-order valence-corrected chi connectivity index (χ2v) is 7.50. The molecule has 0 spiro atoms. The average molecular weight is 400 g/mol. The van der Waals surface area contributed by atoms with E-state index in [-0.39, 0.29) is 5.91 Å². The number of amides is 1. The van der Waals surface area contributed by atoms with Gasteiger partial charge in [-0.2, -0.15) is 0 Å². The number of fused-ring (bicyclic) bond motifs is 1. The summed E-state index contributed by atoms with van der Waals surface area (Å²) in [7, 11) is 0. The maximum atomic E-state index is 12.6. The lowest BCUT2D eigenvalue weighted by Crippen LogP contribution is -2.38. The summed E-state index contributed by atoms with van der Waals surface area (Å²) in [5.74, 6) is 0.856. The molecule has 0 N–H and O–H groups in total. The number of hydrogen-bond acceptors (Lipinski definition) is 7. The molecule has 1 saturated heterocycles. The Morgan fingerprint density at radius 2 is 1.87 bits per heavy atom. The SMILES string of the molecule is Cc1oncc1C(=O)N1CCC(c2ccc3cc(-c4cncnc4)cnc3n2)CC1. The van der Waals surface area contributed by atoms with Gasteiger partial charge in [-0.15, -0.1) is 0 Å². The first-order valence-electron chi connectivity index (χ1n) is 9.91. The van der Waals surface area contributed by atoms with Crippen molar-refractivity contribution >= 4 is 16.9 Å². The van der Waals surface area contributed by atoms with Crippen molar-refractivity contribution in [2.75, 3.05) is 13.1 Å². The minimum absolute atomic E-state index is 0.0160. The fourth-order valence-electron chi connectivity index (χ4n) is 3.91. The van der Waals surface area contributed by atoms with Crippen LogP contribution in [0, 0.1) is 6.92 Å². The lowest BCUT2D eigenvalue weighted by Gasteiger charge is -2.31. The van der Waals surface area contributed by atoms with Gasteiger partial charge in [-0.25, -0.2) is 19.9 Å². The topological polar surface area (TPSA) is 97.9 Å². The molecule has 0 unspecified atom stereocenters. The minimum Gasteiger partial charge on any atom is -0.361 e. The zero-order valence-electron chi connectivity index (χ0n) is 16.5. The maximum absolute atomic E-state index is 12.6. The molecule has 4 aromatic rings. The molecule has 0 aliphatic carbocycles. The van der Waals surface area contributed by atoms with Gasteiger partial charge in [-0.1, -0.05) is 5.16 Å². The highest BCUT2D eigenvalue weighted by Gasteiger charge is 2.27. The van der Waals surface area contributed by atoms with Crippen LogP contribution in [0.5, 0.6) is 0 Å². The molecule has 1 aliphatic heterocycles. The smallest absolute Gasteiger partial charge is 0.259 e. The van der Waals surface area contributed by atoms with E-state index in [4.69, 9.17) is 9.51 Å². The molecule has 8 heteroatoms. The Hall–Kier alpha value is -3.68. The van der Waals surface area contributed by atoms with E-state index < -0.39 is 0 Å². The molecule has 1 amide bonds. The highest BCUT2D eigenvalue weighted by Crippen LogP contribution is 2.29. The van der Waals surface area contributed by atoms with E-state index in [0.29, 0.717) is 30.3 Å². The number of likely N-dealkylation sites (tertiary alicyclic amines) is 1. The molecule has 0 radical (unpaired) electrons. The number of piperidine rings is 1. The van der Waals surface area contributed by atoms with Crippen molar-refractivity contribution in [1.82, 2.24) is 30.0 Å². The van der Waals surface area contributed by atoms with Crippen LogP contribution in [0.15, 0.2) is 53.8 Å². The van der Waals surface area contributed by atoms with Gasteiger partial charge in [-0.05, 0) is 38.0 Å². The molecule has 0 atom stereocenters. The molecule has 0 bridgehead atoms. The third-order valence-corrected chi connectivity index (χ3v) is 5.64. The Kier molecular flexibility index (Phi) is 4.66. The van der Waals surface area contributed by atoms with Gasteiger partial charge in [0.1, 0.15) is 17.7 Å². The fourth-order valence-corrected chi connectivity index (χ4v) is 3.91. The van der Waals surface area contributed by atoms with Crippen molar-refractivity contribution in [3.8, 4) is 11.1 Å². The molecule has 4 aromatic heterocycles. The van der Waals surface area contributed by atoms with E-state index in [1.165, 1.54) is 12.5 Å². The number of aromatic nitrogens is 5. The quantitative estimate of drug-likeness (QED) is 0.520. The summed E-state index contributed by atoms with van der Waals surface area (Å²) in [4.78, 5) is 32.0. The summed E-state index contributed by atoms with van der Waals surface area (Å²) in [5.41, 5.74) is 4.19. The summed E-state index contributed by atoms with van der Waals surface area (Å²) >= 11 is 0. The Balaban J connectivity index is 1.31. The summed E-state index contributed by atoms with van der Waals surface area (Å²) in [6.45, 7) is 3.14. The van der Waals surface area contributed by atoms with Crippen LogP contribution in [-0.2, 0) is 0 Å². The van der Waals surface area contributed by atoms with Gasteiger partial charge in [0.2, 0.25) is 0 Å². The monoisotopic (exact) mass is 400 g/mol. The van der Waals surface area contributed by atoms with Gasteiger partial charge >= 0.3 is 0 Å². The van der Waals surface area contributed by atoms with Crippen LogP contribution in [0.1, 0.15) is 40.6 Å². The zero-order chi connectivity index (χ0) is 20.5. The lowest BCUT2D eigenvalue weighted by atomic mass is 9.92. The van der Waals surface area contributed by atoms with Crippen LogP contribution >= 0.6 is 0 Å². The Morgan fingerprint density at radius 3 is 2.60 bits per heavy atom. The highest BCUT2D eigenvalue weighted by molar-refractivity contribution is 5.94. The first kappa shape index (κ1) is 18.4. The predicted octanol–water partition coefficient (Wildman–Crippen LogP) is 3.40. The molecule has 1 aliphatic rings. The third-order valence-electron chi connectivity index (χ3n) is 5.64. The van der Waals surface area contributed by atoms with Crippen molar-refractivity contribution in [1.29, 1.82) is 0 Å². The third kappa shape index (κ3) is 3.41. The van der Waals surface area contributed by atoms with Gasteiger partial charge in [-0.3, -0.25) is 4.79 Å². The molecule has 0 saturated carbocycles. The van der Waals surface area contributed by atoms with E-state index in [2.05, 4.69) is 38.3 Å². The maximum Gasteiger partial charge on any atom is 0.259 e.